The number of aryl methyl sites for hydroxylation is 2. The summed E-state index contributed by atoms with van der Waals surface area (Å²) in [6, 6.07) is 15.3. The number of fused-ring (bicyclic) bond motifs is 1. The smallest absolute Gasteiger partial charge is 0.205 e. The Morgan fingerprint density at radius 1 is 0.969 bits per heavy atom. The zero-order chi connectivity index (χ0) is 23.0. The van der Waals surface area contributed by atoms with Crippen LogP contribution in [0.15, 0.2) is 55.1 Å². The third kappa shape index (κ3) is 3.74. The van der Waals surface area contributed by atoms with Crippen LogP contribution in [0.1, 0.15) is 26.4 Å². The van der Waals surface area contributed by atoms with Crippen molar-refractivity contribution in [1.82, 2.24) is 4.98 Å². The first-order chi connectivity index (χ1) is 15.3. The average Bonchev–Trinajstić information content (AvgIpc) is 3.15. The van der Waals surface area contributed by atoms with Crippen LogP contribution in [0.25, 0.3) is 27.0 Å². The van der Waals surface area contributed by atoms with E-state index in [2.05, 4.69) is 6.58 Å². The van der Waals surface area contributed by atoms with Crippen molar-refractivity contribution in [2.24, 2.45) is 0 Å². The van der Waals surface area contributed by atoms with Gasteiger partial charge in [-0.05, 0) is 60.9 Å². The number of nitrogens with zero attached hydrogens (tertiary/aromatic N) is 1. The van der Waals surface area contributed by atoms with Gasteiger partial charge in [-0.1, -0.05) is 24.8 Å². The highest BCUT2D eigenvalue weighted by Crippen LogP contribution is 2.38. The highest BCUT2D eigenvalue weighted by Gasteiger charge is 2.21. The third-order valence-electron chi connectivity index (χ3n) is 5.61. The largest absolute Gasteiger partial charge is 0.493 e. The quantitative estimate of drug-likeness (QED) is 0.288. The lowest BCUT2D eigenvalue weighted by atomic mass is 9.98. The number of nitrogens with two attached hydrogens (primary N) is 1. The number of nitrogen functional groups attached to an aromatic ring is 1. The molecule has 0 fully saturated rings. The topological polar surface area (TPSA) is 74.4 Å². The minimum atomic E-state index is -0.179. The number of allylic oxidation sites excluding steroid dienone is 1. The van der Waals surface area contributed by atoms with Crippen molar-refractivity contribution < 1.29 is 14.3 Å². The molecule has 0 aliphatic heterocycles. The average molecular weight is 445 g/mol. The minimum Gasteiger partial charge on any atom is -0.493 e. The number of aromatic nitrogens is 1. The molecular formula is C26H24N2O3S. The molecule has 32 heavy (non-hydrogen) atoms. The number of ether oxygens (including phenoxy) is 2. The molecule has 6 heteroatoms. The Labute approximate surface area is 191 Å². The second-order valence-corrected chi connectivity index (χ2v) is 8.57. The van der Waals surface area contributed by atoms with Gasteiger partial charge in [0.1, 0.15) is 9.71 Å². The van der Waals surface area contributed by atoms with E-state index in [9.17, 15) is 4.79 Å². The van der Waals surface area contributed by atoms with Crippen molar-refractivity contribution in [2.45, 2.75) is 13.8 Å². The van der Waals surface area contributed by atoms with Gasteiger partial charge in [-0.25, -0.2) is 4.98 Å². The summed E-state index contributed by atoms with van der Waals surface area (Å²) in [5.74, 6) is 1.09. The summed E-state index contributed by atoms with van der Waals surface area (Å²) in [7, 11) is 3.19. The molecule has 162 valence electrons. The fraction of sp³-hybridized carbons (Fsp3) is 0.154. The third-order valence-corrected chi connectivity index (χ3v) is 6.72. The molecule has 0 saturated heterocycles. The molecule has 0 aliphatic carbocycles. The zero-order valence-electron chi connectivity index (χ0n) is 18.5. The van der Waals surface area contributed by atoms with E-state index in [1.165, 1.54) is 16.9 Å². The van der Waals surface area contributed by atoms with Crippen LogP contribution >= 0.6 is 11.3 Å². The molecule has 2 aromatic carbocycles. The lowest BCUT2D eigenvalue weighted by molar-refractivity contribution is 0.106. The Morgan fingerprint density at radius 2 is 1.72 bits per heavy atom. The number of hydrogen-bond donors (Lipinski definition) is 1. The summed E-state index contributed by atoms with van der Waals surface area (Å²) < 4.78 is 10.7. The SMILES string of the molecule is C=C(C(=O)c1sc2nc(-c3ccc(OC)c(OC)c3)ccc2c1N)c1ccc(C)c(C)c1. The lowest BCUT2D eigenvalue weighted by Gasteiger charge is -2.09. The van der Waals surface area contributed by atoms with E-state index in [1.54, 1.807) is 14.2 Å². The first kappa shape index (κ1) is 21.6. The van der Waals surface area contributed by atoms with Gasteiger partial charge in [-0.15, -0.1) is 11.3 Å². The molecule has 0 saturated carbocycles. The maximum absolute atomic E-state index is 13.2. The number of ketones is 1. The summed E-state index contributed by atoms with van der Waals surface area (Å²) in [4.78, 5) is 19.1. The number of methoxy groups -OCH3 is 2. The van der Waals surface area contributed by atoms with E-state index in [0.717, 1.165) is 27.8 Å². The van der Waals surface area contributed by atoms with Gasteiger partial charge in [0.2, 0.25) is 5.78 Å². The van der Waals surface area contributed by atoms with E-state index in [-0.39, 0.29) is 5.78 Å². The van der Waals surface area contributed by atoms with Crippen LogP contribution < -0.4 is 15.2 Å². The van der Waals surface area contributed by atoms with Crippen LogP contribution in [0.5, 0.6) is 11.5 Å². The summed E-state index contributed by atoms with van der Waals surface area (Å²) in [6.07, 6.45) is 0. The van der Waals surface area contributed by atoms with Crippen molar-refractivity contribution in [3.05, 3.63) is 76.7 Å². The Bertz CT molecular complexity index is 1370. The molecule has 4 rings (SSSR count). The Hall–Kier alpha value is -3.64. The fourth-order valence-corrected chi connectivity index (χ4v) is 4.58. The van der Waals surface area contributed by atoms with Crippen molar-refractivity contribution >= 4 is 38.6 Å². The van der Waals surface area contributed by atoms with Gasteiger partial charge < -0.3 is 15.2 Å². The number of pyridine rings is 1. The second-order valence-electron chi connectivity index (χ2n) is 7.57. The van der Waals surface area contributed by atoms with Gasteiger partial charge in [-0.3, -0.25) is 4.79 Å². The fourth-order valence-electron chi connectivity index (χ4n) is 3.52. The van der Waals surface area contributed by atoms with Crippen LogP contribution in [0.3, 0.4) is 0 Å². The van der Waals surface area contributed by atoms with Gasteiger partial charge >= 0.3 is 0 Å². The predicted octanol–water partition coefficient (Wildman–Crippen LogP) is 6.08. The number of carbonyl (C=O) groups is 1. The Kier molecular flexibility index (Phi) is 5.72. The van der Waals surface area contributed by atoms with E-state index in [1.807, 2.05) is 62.4 Å². The molecule has 4 aromatic rings. The highest BCUT2D eigenvalue weighted by molar-refractivity contribution is 7.21. The van der Waals surface area contributed by atoms with E-state index < -0.39 is 0 Å². The summed E-state index contributed by atoms with van der Waals surface area (Å²) in [5, 5.41) is 0.760. The first-order valence-electron chi connectivity index (χ1n) is 10.1. The van der Waals surface area contributed by atoms with Crippen molar-refractivity contribution in [3.8, 4) is 22.8 Å². The van der Waals surface area contributed by atoms with Crippen molar-refractivity contribution in [3.63, 3.8) is 0 Å². The number of thiophene rings is 1. The first-order valence-corrected chi connectivity index (χ1v) is 10.9. The monoisotopic (exact) mass is 444 g/mol. The molecule has 0 radical (unpaired) electrons. The molecule has 0 atom stereocenters. The normalized spacial score (nSPS) is 10.9. The lowest BCUT2D eigenvalue weighted by Crippen LogP contribution is -2.03. The van der Waals surface area contributed by atoms with Crippen molar-refractivity contribution in [2.75, 3.05) is 20.0 Å². The number of anilines is 1. The maximum Gasteiger partial charge on any atom is 0.205 e. The number of carbonyl (C=O) groups excluding carboxylic acids is 1. The van der Waals surface area contributed by atoms with Crippen LogP contribution in [-0.4, -0.2) is 25.0 Å². The van der Waals surface area contributed by atoms with Crippen LogP contribution in [0.4, 0.5) is 5.69 Å². The molecule has 0 bridgehead atoms. The Morgan fingerprint density at radius 3 is 2.41 bits per heavy atom. The molecule has 0 amide bonds. The molecule has 0 unspecified atom stereocenters. The van der Waals surface area contributed by atoms with E-state index in [4.69, 9.17) is 20.2 Å². The summed E-state index contributed by atoms with van der Waals surface area (Å²) in [5.41, 5.74) is 11.9. The molecular weight excluding hydrogens is 420 g/mol. The van der Waals surface area contributed by atoms with Gasteiger partial charge in [0.05, 0.1) is 25.6 Å². The molecule has 0 aliphatic rings. The predicted molar refractivity (Wildman–Crippen MR) is 132 cm³/mol. The maximum atomic E-state index is 13.2. The van der Waals surface area contributed by atoms with E-state index >= 15 is 0 Å². The zero-order valence-corrected chi connectivity index (χ0v) is 19.3. The molecule has 0 spiro atoms. The van der Waals surface area contributed by atoms with Crippen molar-refractivity contribution in [1.29, 1.82) is 0 Å². The molecule has 2 N–H and O–H groups in total. The highest BCUT2D eigenvalue weighted by atomic mass is 32.1. The number of Topliss-reactive ketones (excluding diaryl/α,β-unsaturated/α-hetero) is 1. The van der Waals surface area contributed by atoms with Gasteiger partial charge in [-0.2, -0.15) is 0 Å². The standard InChI is InChI=1S/C26H24N2O3S/c1-14-6-7-17(12-15(14)2)16(3)24(29)25-23(27)19-9-10-20(28-26(19)32-25)18-8-11-21(30-4)22(13-18)31-5/h6-13H,3,27H2,1-2,4-5H3. The van der Waals surface area contributed by atoms with Gasteiger partial charge in [0.25, 0.3) is 0 Å². The van der Waals surface area contributed by atoms with Crippen LogP contribution in [-0.2, 0) is 0 Å². The van der Waals surface area contributed by atoms with Gasteiger partial charge in [0, 0.05) is 16.5 Å². The minimum absolute atomic E-state index is 0.179. The molecule has 5 nitrogen and oxygen atoms in total. The van der Waals surface area contributed by atoms with Gasteiger partial charge in [0.15, 0.2) is 11.5 Å². The Balaban J connectivity index is 1.72. The summed E-state index contributed by atoms with van der Waals surface area (Å²) >= 11 is 1.29. The summed E-state index contributed by atoms with van der Waals surface area (Å²) in [6.45, 7) is 8.09. The second kappa shape index (κ2) is 8.48. The number of hydrogen-bond acceptors (Lipinski definition) is 6. The van der Waals surface area contributed by atoms with Crippen LogP contribution in [0.2, 0.25) is 0 Å². The number of benzene rings is 2. The molecule has 2 aromatic heterocycles. The molecule has 2 heterocycles. The van der Waals surface area contributed by atoms with E-state index in [0.29, 0.717) is 32.5 Å². The number of rotatable bonds is 6. The van der Waals surface area contributed by atoms with Crippen LogP contribution in [0, 0.1) is 13.8 Å².